The summed E-state index contributed by atoms with van der Waals surface area (Å²) in [5.41, 5.74) is 3.30. The molecule has 3 aromatic rings. The number of furan rings is 1. The molecule has 1 N–H and O–H groups in total. The number of fused-ring (bicyclic) bond motifs is 1. The number of imidazole rings is 1. The van der Waals surface area contributed by atoms with Crippen LogP contribution in [-0.2, 0) is 13.5 Å². The second-order valence-electron chi connectivity index (χ2n) is 4.77. The molecule has 0 bridgehead atoms. The summed E-state index contributed by atoms with van der Waals surface area (Å²) in [4.78, 5) is 4.72. The third-order valence-electron chi connectivity index (χ3n) is 3.64. The number of halogens is 1. The number of aryl methyl sites for hydroxylation is 1. The molecule has 104 valence electrons. The highest BCUT2D eigenvalue weighted by atomic mass is 79.9. The topological polar surface area (TPSA) is 43.0 Å². The van der Waals surface area contributed by atoms with Crippen LogP contribution in [0.1, 0.15) is 17.4 Å². The van der Waals surface area contributed by atoms with Crippen molar-refractivity contribution in [3.8, 4) is 0 Å². The Morgan fingerprint density at radius 2 is 2.15 bits per heavy atom. The first kappa shape index (κ1) is 13.4. The number of hydrogen-bond donors (Lipinski definition) is 1. The van der Waals surface area contributed by atoms with Crippen LogP contribution in [0.5, 0.6) is 0 Å². The maximum Gasteiger partial charge on any atom is 0.173 e. The number of likely N-dealkylation sites (N-methyl/N-ethyl adjacent to an activating group) is 1. The van der Waals surface area contributed by atoms with E-state index in [9.17, 15) is 0 Å². The highest BCUT2D eigenvalue weighted by Gasteiger charge is 2.18. The van der Waals surface area contributed by atoms with Crippen molar-refractivity contribution in [1.29, 1.82) is 0 Å². The number of nitrogens with one attached hydrogen (secondary N) is 1. The van der Waals surface area contributed by atoms with E-state index in [1.807, 2.05) is 31.3 Å². The zero-order chi connectivity index (χ0) is 14.1. The minimum Gasteiger partial charge on any atom is -0.457 e. The average Bonchev–Trinajstić information content (AvgIpc) is 3.01. The van der Waals surface area contributed by atoms with E-state index in [1.54, 1.807) is 6.26 Å². The highest BCUT2D eigenvalue weighted by Crippen LogP contribution is 2.27. The first-order valence-corrected chi connectivity index (χ1v) is 7.30. The predicted octanol–water partition coefficient (Wildman–Crippen LogP) is 3.43. The van der Waals surface area contributed by atoms with Crippen molar-refractivity contribution in [2.45, 2.75) is 12.5 Å². The highest BCUT2D eigenvalue weighted by molar-refractivity contribution is 9.10. The predicted molar refractivity (Wildman–Crippen MR) is 82.6 cm³/mol. The molecule has 3 rings (SSSR count). The Labute approximate surface area is 125 Å². The fourth-order valence-corrected chi connectivity index (χ4v) is 3.00. The Kier molecular flexibility index (Phi) is 3.63. The Bertz CT molecular complexity index is 732. The molecule has 0 amide bonds. The summed E-state index contributed by atoms with van der Waals surface area (Å²) in [6, 6.07) is 10.3. The second kappa shape index (κ2) is 5.42. The number of aromatic nitrogens is 2. The lowest BCUT2D eigenvalue weighted by Gasteiger charge is -2.14. The number of rotatable bonds is 4. The van der Waals surface area contributed by atoms with Gasteiger partial charge in [-0.2, -0.15) is 0 Å². The standard InChI is InChI=1S/C15H16BrN3O/c1-17-12(10-7-8-20-15(10)16)9-14-18-11-5-3-4-6-13(11)19(14)2/h3-8,12,17H,9H2,1-2H3. The summed E-state index contributed by atoms with van der Waals surface area (Å²) in [5.74, 6) is 1.05. The van der Waals surface area contributed by atoms with E-state index in [4.69, 9.17) is 9.40 Å². The van der Waals surface area contributed by atoms with Gasteiger partial charge in [-0.1, -0.05) is 12.1 Å². The first-order chi connectivity index (χ1) is 9.70. The van der Waals surface area contributed by atoms with Gasteiger partial charge in [0.15, 0.2) is 4.67 Å². The molecule has 0 aliphatic rings. The van der Waals surface area contributed by atoms with Gasteiger partial charge in [0.1, 0.15) is 5.82 Å². The maximum absolute atomic E-state index is 5.32. The van der Waals surface area contributed by atoms with Crippen LogP contribution in [0.2, 0.25) is 0 Å². The number of nitrogens with zero attached hydrogens (tertiary/aromatic N) is 2. The largest absolute Gasteiger partial charge is 0.457 e. The molecule has 1 unspecified atom stereocenters. The van der Waals surface area contributed by atoms with Gasteiger partial charge in [0.05, 0.1) is 17.3 Å². The van der Waals surface area contributed by atoms with Crippen molar-refractivity contribution < 1.29 is 4.42 Å². The summed E-state index contributed by atoms with van der Waals surface area (Å²) < 4.78 is 8.24. The van der Waals surface area contributed by atoms with Gasteiger partial charge in [-0.3, -0.25) is 0 Å². The van der Waals surface area contributed by atoms with Crippen molar-refractivity contribution in [2.24, 2.45) is 7.05 Å². The van der Waals surface area contributed by atoms with Gasteiger partial charge < -0.3 is 14.3 Å². The molecule has 0 saturated carbocycles. The lowest BCUT2D eigenvalue weighted by molar-refractivity contribution is 0.512. The lowest BCUT2D eigenvalue weighted by atomic mass is 10.1. The molecule has 0 radical (unpaired) electrons. The summed E-state index contributed by atoms with van der Waals surface area (Å²) in [6.07, 6.45) is 2.50. The zero-order valence-electron chi connectivity index (χ0n) is 11.4. The van der Waals surface area contributed by atoms with E-state index in [0.29, 0.717) is 0 Å². The molecule has 1 atom stereocenters. The molecular formula is C15H16BrN3O. The molecule has 2 heterocycles. The van der Waals surface area contributed by atoms with Crippen LogP contribution in [0.4, 0.5) is 0 Å². The summed E-state index contributed by atoms with van der Waals surface area (Å²) in [5, 5.41) is 3.32. The molecular weight excluding hydrogens is 318 g/mol. The van der Waals surface area contributed by atoms with Crippen molar-refractivity contribution in [3.63, 3.8) is 0 Å². The Morgan fingerprint density at radius 3 is 2.80 bits per heavy atom. The van der Waals surface area contributed by atoms with E-state index >= 15 is 0 Å². The summed E-state index contributed by atoms with van der Waals surface area (Å²) in [7, 11) is 4.01. The molecule has 2 aromatic heterocycles. The van der Waals surface area contributed by atoms with Crippen LogP contribution < -0.4 is 5.32 Å². The number of para-hydroxylation sites is 2. The van der Waals surface area contributed by atoms with Gasteiger partial charge in [-0.15, -0.1) is 0 Å². The molecule has 0 aliphatic carbocycles. The van der Waals surface area contributed by atoms with Crippen molar-refractivity contribution in [3.05, 3.63) is 52.7 Å². The monoisotopic (exact) mass is 333 g/mol. The fraction of sp³-hybridized carbons (Fsp3) is 0.267. The fourth-order valence-electron chi connectivity index (χ4n) is 2.48. The minimum absolute atomic E-state index is 0.165. The van der Waals surface area contributed by atoms with Crippen LogP contribution in [0, 0.1) is 0 Å². The third-order valence-corrected chi connectivity index (χ3v) is 4.28. The van der Waals surface area contributed by atoms with Gasteiger partial charge >= 0.3 is 0 Å². The molecule has 4 nitrogen and oxygen atoms in total. The molecule has 1 aromatic carbocycles. The van der Waals surface area contributed by atoms with Gasteiger partial charge in [0.2, 0.25) is 0 Å². The Hall–Kier alpha value is -1.59. The smallest absolute Gasteiger partial charge is 0.173 e. The normalized spacial score (nSPS) is 12.9. The molecule has 0 spiro atoms. The van der Waals surface area contributed by atoms with Crippen LogP contribution >= 0.6 is 15.9 Å². The van der Waals surface area contributed by atoms with Gasteiger partial charge in [0.25, 0.3) is 0 Å². The molecule has 5 heteroatoms. The van der Waals surface area contributed by atoms with Gasteiger partial charge in [-0.05, 0) is 41.2 Å². The molecule has 20 heavy (non-hydrogen) atoms. The van der Waals surface area contributed by atoms with Crippen LogP contribution in [0.3, 0.4) is 0 Å². The van der Waals surface area contributed by atoms with Gasteiger partial charge in [0, 0.05) is 25.1 Å². The molecule has 0 saturated heterocycles. The van der Waals surface area contributed by atoms with E-state index in [1.165, 1.54) is 0 Å². The first-order valence-electron chi connectivity index (χ1n) is 6.51. The average molecular weight is 334 g/mol. The van der Waals surface area contributed by atoms with Crippen LogP contribution in [0.25, 0.3) is 11.0 Å². The van der Waals surface area contributed by atoms with E-state index in [-0.39, 0.29) is 6.04 Å². The van der Waals surface area contributed by atoms with Crippen molar-refractivity contribution in [1.82, 2.24) is 14.9 Å². The maximum atomic E-state index is 5.32. The number of benzene rings is 1. The van der Waals surface area contributed by atoms with Gasteiger partial charge in [-0.25, -0.2) is 4.98 Å². The van der Waals surface area contributed by atoms with E-state index < -0.39 is 0 Å². The third kappa shape index (κ3) is 2.27. The van der Waals surface area contributed by atoms with Crippen molar-refractivity contribution >= 4 is 27.0 Å². The zero-order valence-corrected chi connectivity index (χ0v) is 13.0. The van der Waals surface area contributed by atoms with E-state index in [2.05, 4.69) is 38.9 Å². The quantitative estimate of drug-likeness (QED) is 0.795. The molecule has 0 fully saturated rings. The second-order valence-corrected chi connectivity index (χ2v) is 5.49. The van der Waals surface area contributed by atoms with E-state index in [0.717, 1.165) is 33.5 Å². The Balaban J connectivity index is 1.95. The summed E-state index contributed by atoms with van der Waals surface area (Å²) in [6.45, 7) is 0. The van der Waals surface area contributed by atoms with Crippen LogP contribution in [0.15, 0.2) is 45.7 Å². The lowest BCUT2D eigenvalue weighted by Crippen LogP contribution is -2.20. The summed E-state index contributed by atoms with van der Waals surface area (Å²) >= 11 is 3.44. The SMILES string of the molecule is CNC(Cc1nc2ccccc2n1C)c1ccoc1Br. The minimum atomic E-state index is 0.165. The van der Waals surface area contributed by atoms with Crippen molar-refractivity contribution in [2.75, 3.05) is 7.05 Å². The number of hydrogen-bond acceptors (Lipinski definition) is 3. The Morgan fingerprint density at radius 1 is 1.35 bits per heavy atom. The van der Waals surface area contributed by atoms with Crippen LogP contribution in [-0.4, -0.2) is 16.6 Å². The molecule has 0 aliphatic heterocycles.